The number of alkyl halides is 2. The van der Waals surface area contributed by atoms with Gasteiger partial charge in [-0.2, -0.15) is 9.97 Å². The first kappa shape index (κ1) is 32.8. The molecule has 0 radical (unpaired) electrons. The van der Waals surface area contributed by atoms with Crippen LogP contribution in [-0.2, 0) is 0 Å². The average molecular weight is 678 g/mol. The Kier molecular flexibility index (Phi) is 8.44. The number of benzene rings is 2. The van der Waals surface area contributed by atoms with Gasteiger partial charge in [0.15, 0.2) is 5.82 Å². The molecule has 3 aliphatic rings. The molecule has 49 heavy (non-hydrogen) atoms. The number of nitrogens with two attached hydrogens (primary N) is 1. The molecular weight excluding hydrogens is 642 g/mol. The van der Waals surface area contributed by atoms with E-state index in [1.807, 2.05) is 0 Å². The molecule has 4 atom stereocenters. The molecule has 1 saturated carbocycles. The number of terminal acetylenes is 1. The van der Waals surface area contributed by atoms with E-state index in [1.165, 1.54) is 42.4 Å². The Bertz CT molecular complexity index is 2010. The van der Waals surface area contributed by atoms with Crippen LogP contribution in [-0.4, -0.2) is 102 Å². The summed E-state index contributed by atoms with van der Waals surface area (Å²) in [5, 5.41) is 0.737. The molecular formula is C35H35F4N7O3. The Morgan fingerprint density at radius 2 is 2.02 bits per heavy atom. The van der Waals surface area contributed by atoms with Crippen molar-refractivity contribution in [3.63, 3.8) is 0 Å². The molecule has 0 unspecified atom stereocenters. The van der Waals surface area contributed by atoms with E-state index in [2.05, 4.69) is 25.8 Å². The van der Waals surface area contributed by atoms with Crippen molar-refractivity contribution in [1.82, 2.24) is 24.8 Å². The second-order valence-corrected chi connectivity index (χ2v) is 13.0. The summed E-state index contributed by atoms with van der Waals surface area (Å²) in [6.45, 7) is 1.61. The van der Waals surface area contributed by atoms with E-state index >= 15 is 8.78 Å². The monoisotopic (exact) mass is 677 g/mol. The quantitative estimate of drug-likeness (QED) is 0.194. The van der Waals surface area contributed by atoms with Crippen LogP contribution in [0.4, 0.5) is 28.2 Å². The topological polar surface area (TPSA) is 110 Å². The number of hydrogen-bond acceptors (Lipinski definition) is 9. The highest BCUT2D eigenvalue weighted by molar-refractivity contribution is 6.03. The van der Waals surface area contributed by atoms with Gasteiger partial charge in [0.1, 0.15) is 47.5 Å². The van der Waals surface area contributed by atoms with E-state index in [0.29, 0.717) is 18.4 Å². The number of pyridine rings is 1. The number of ether oxygens (including phenoxy) is 2. The molecule has 1 aliphatic carbocycles. The predicted molar refractivity (Wildman–Crippen MR) is 176 cm³/mol. The third-order valence-electron chi connectivity index (χ3n) is 9.81. The van der Waals surface area contributed by atoms with Gasteiger partial charge in [0.2, 0.25) is 0 Å². The lowest BCUT2D eigenvalue weighted by Crippen LogP contribution is -2.43. The third kappa shape index (κ3) is 5.84. The first-order valence-electron chi connectivity index (χ1n) is 16.1. The number of nitrogens with zero attached hydrogens (tertiary/aromatic N) is 6. The number of halogens is 4. The second-order valence-electron chi connectivity index (χ2n) is 13.0. The number of likely N-dealkylation sites (N-methyl/N-ethyl adjacent to an activating group) is 1. The second kappa shape index (κ2) is 12.6. The highest BCUT2D eigenvalue weighted by Gasteiger charge is 2.49. The van der Waals surface area contributed by atoms with Gasteiger partial charge < -0.3 is 25.0 Å². The lowest BCUT2D eigenvalue weighted by molar-refractivity contribution is 0.107. The van der Waals surface area contributed by atoms with Gasteiger partial charge in [-0.05, 0) is 43.0 Å². The molecule has 1 amide bonds. The van der Waals surface area contributed by atoms with E-state index in [-0.39, 0.29) is 76.8 Å². The lowest BCUT2D eigenvalue weighted by atomic mass is 9.95. The van der Waals surface area contributed by atoms with Crippen LogP contribution >= 0.6 is 0 Å². The van der Waals surface area contributed by atoms with E-state index in [0.717, 1.165) is 19.4 Å². The van der Waals surface area contributed by atoms with Crippen LogP contribution in [0.25, 0.3) is 32.9 Å². The number of anilines is 1. The average Bonchev–Trinajstić information content (AvgIpc) is 3.56. The highest BCUT2D eigenvalue weighted by Crippen LogP contribution is 2.43. The van der Waals surface area contributed by atoms with E-state index in [4.69, 9.17) is 21.6 Å². The summed E-state index contributed by atoms with van der Waals surface area (Å²) in [5.41, 5.74) is 4.54. The van der Waals surface area contributed by atoms with Gasteiger partial charge in [0.05, 0.1) is 22.5 Å². The van der Waals surface area contributed by atoms with Crippen LogP contribution in [0.15, 0.2) is 30.5 Å². The number of carbonyl (C=O) groups excluding carboxylic acids is 1. The molecule has 10 nitrogen and oxygen atoms in total. The fourth-order valence-electron chi connectivity index (χ4n) is 7.16. The summed E-state index contributed by atoms with van der Waals surface area (Å²) in [6.07, 6.45) is 6.54. The molecule has 256 valence electrons. The summed E-state index contributed by atoms with van der Waals surface area (Å²) in [7, 11) is 3.17. The summed E-state index contributed by atoms with van der Waals surface area (Å²) in [4.78, 5) is 31.1. The summed E-state index contributed by atoms with van der Waals surface area (Å²) >= 11 is 0. The zero-order chi connectivity index (χ0) is 34.6. The van der Waals surface area contributed by atoms with Gasteiger partial charge >= 0.3 is 12.1 Å². The number of amides is 1. The predicted octanol–water partition coefficient (Wildman–Crippen LogP) is 5.00. The number of carbonyl (C=O) groups is 1. The smallest absolute Gasteiger partial charge is 0.415 e. The fraction of sp³-hybridized carbons (Fsp3) is 0.429. The first-order valence-corrected chi connectivity index (χ1v) is 16.1. The Hall–Kier alpha value is -4.74. The zero-order valence-electron chi connectivity index (χ0n) is 27.1. The van der Waals surface area contributed by atoms with Crippen molar-refractivity contribution in [2.24, 2.45) is 5.73 Å². The molecule has 2 saturated heterocycles. The van der Waals surface area contributed by atoms with Crippen molar-refractivity contribution in [2.75, 3.05) is 51.8 Å². The molecule has 3 fully saturated rings. The summed E-state index contributed by atoms with van der Waals surface area (Å²) in [6, 6.07) is 4.83. The normalized spacial score (nSPS) is 23.0. The number of fused-ring (bicyclic) bond motifs is 3. The minimum absolute atomic E-state index is 0.0326. The van der Waals surface area contributed by atoms with Crippen LogP contribution in [0.5, 0.6) is 11.8 Å². The minimum Gasteiger partial charge on any atom is -0.461 e. The molecule has 2 aromatic heterocycles. The van der Waals surface area contributed by atoms with Crippen LogP contribution in [0.1, 0.15) is 31.2 Å². The van der Waals surface area contributed by atoms with Crippen molar-refractivity contribution >= 4 is 33.6 Å². The minimum atomic E-state index is -1.08. The molecule has 4 aromatic rings. The largest absolute Gasteiger partial charge is 0.461 e. The molecule has 14 heteroatoms. The van der Waals surface area contributed by atoms with Gasteiger partial charge in [0.25, 0.3) is 0 Å². The van der Waals surface area contributed by atoms with Crippen molar-refractivity contribution in [3.05, 3.63) is 47.7 Å². The fourth-order valence-corrected chi connectivity index (χ4v) is 7.16. The van der Waals surface area contributed by atoms with Gasteiger partial charge in [0, 0.05) is 63.7 Å². The zero-order valence-corrected chi connectivity index (χ0v) is 27.1. The van der Waals surface area contributed by atoms with Gasteiger partial charge in [-0.25, -0.2) is 22.4 Å². The number of aromatic nitrogens is 3. The van der Waals surface area contributed by atoms with Crippen molar-refractivity contribution in [1.29, 1.82) is 0 Å². The first-order chi connectivity index (χ1) is 23.5. The Morgan fingerprint density at radius 1 is 1.22 bits per heavy atom. The van der Waals surface area contributed by atoms with E-state index < -0.39 is 41.7 Å². The molecule has 2 N–H and O–H groups in total. The van der Waals surface area contributed by atoms with Gasteiger partial charge in [-0.1, -0.05) is 12.0 Å². The Balaban J connectivity index is 1.37. The molecule has 2 aliphatic heterocycles. The molecule has 7 rings (SSSR count). The van der Waals surface area contributed by atoms with Gasteiger partial charge in [-0.3, -0.25) is 9.88 Å². The van der Waals surface area contributed by atoms with E-state index in [1.54, 1.807) is 11.9 Å². The molecule has 0 spiro atoms. The van der Waals surface area contributed by atoms with Crippen LogP contribution in [0.3, 0.4) is 0 Å². The maximum absolute atomic E-state index is 16.9. The summed E-state index contributed by atoms with van der Waals surface area (Å²) < 4.78 is 72.4. The Labute approximate surface area is 280 Å². The number of hydrogen-bond donors (Lipinski definition) is 1. The van der Waals surface area contributed by atoms with Crippen LogP contribution < -0.4 is 20.1 Å². The van der Waals surface area contributed by atoms with Crippen molar-refractivity contribution in [3.8, 4) is 35.4 Å². The van der Waals surface area contributed by atoms with E-state index in [9.17, 15) is 13.6 Å². The summed E-state index contributed by atoms with van der Waals surface area (Å²) in [5.74, 6) is 0.976. The standard InChI is InChI=1S/C35H35F4N7O3/c1-4-22-25(37)7-6-19-12-21(49-34(47)44(2)11-9-40)13-23(28(19)22)30-29(39)31-24(16-41-30)32(45(3)27-14-26(27)38)43-33(42-31)48-18-35-8-5-10-46(35)17-20(36)15-35/h1,6-7,12-13,16,20,26-27H,5,8-11,14-15,17-18,40H2,2-3H3/t20-,26+,27+,35+/m1/s1. The number of rotatable bonds is 9. The maximum Gasteiger partial charge on any atom is 0.415 e. The van der Waals surface area contributed by atoms with Crippen molar-refractivity contribution in [2.45, 2.75) is 49.6 Å². The van der Waals surface area contributed by atoms with Crippen LogP contribution in [0.2, 0.25) is 0 Å². The van der Waals surface area contributed by atoms with Crippen molar-refractivity contribution < 1.29 is 31.8 Å². The molecule has 4 heterocycles. The SMILES string of the molecule is C#Cc1c(F)ccc2cc(OC(=O)N(C)CCN)cc(-c3ncc4c(N(C)[C@H]5C[C@@H]5F)nc(OC[C@@]56CCCN5C[C@H](F)C6)nc4c3F)c12. The highest BCUT2D eigenvalue weighted by atomic mass is 19.1. The van der Waals surface area contributed by atoms with Gasteiger partial charge in [-0.15, -0.1) is 6.42 Å². The Morgan fingerprint density at radius 3 is 2.76 bits per heavy atom. The maximum atomic E-state index is 16.9. The van der Waals surface area contributed by atoms with Crippen LogP contribution in [0, 0.1) is 24.0 Å². The molecule has 2 aromatic carbocycles. The molecule has 0 bridgehead atoms. The lowest BCUT2D eigenvalue weighted by Gasteiger charge is -2.31. The third-order valence-corrected chi connectivity index (χ3v) is 9.81.